The minimum absolute atomic E-state index is 0.263. The second kappa shape index (κ2) is 7.68. The van der Waals surface area contributed by atoms with Gasteiger partial charge in [-0.1, -0.05) is 48.5 Å². The minimum Gasteiger partial charge on any atom is -0.365 e. The Morgan fingerprint density at radius 2 is 1.69 bits per heavy atom. The molecule has 1 aromatic heterocycles. The maximum atomic E-state index is 13.5. The van der Waals surface area contributed by atoms with Gasteiger partial charge in [-0.05, 0) is 48.1 Å². The fraction of sp³-hybridized carbons (Fsp3) is 0.167. The SMILES string of the molecule is Cc1ccc(C)c(N2C(=O)C(c3cccs3)=C(N(C)Cc3ccccc3)C2=O)c1. The van der Waals surface area contributed by atoms with Gasteiger partial charge in [-0.2, -0.15) is 0 Å². The first-order valence-corrected chi connectivity index (χ1v) is 10.3. The molecule has 0 N–H and O–H groups in total. The number of benzene rings is 2. The molecule has 0 atom stereocenters. The van der Waals surface area contributed by atoms with E-state index in [9.17, 15) is 9.59 Å². The monoisotopic (exact) mass is 402 g/mol. The van der Waals surface area contributed by atoms with Crippen LogP contribution in [0.3, 0.4) is 0 Å². The van der Waals surface area contributed by atoms with Gasteiger partial charge >= 0.3 is 0 Å². The molecule has 0 radical (unpaired) electrons. The molecule has 5 heteroatoms. The van der Waals surface area contributed by atoms with E-state index in [1.165, 1.54) is 16.2 Å². The first-order chi connectivity index (χ1) is 14.0. The summed E-state index contributed by atoms with van der Waals surface area (Å²) in [7, 11) is 1.87. The largest absolute Gasteiger partial charge is 0.365 e. The Hall–Kier alpha value is -3.18. The van der Waals surface area contributed by atoms with E-state index in [4.69, 9.17) is 0 Å². The van der Waals surface area contributed by atoms with Crippen LogP contribution in [0.25, 0.3) is 5.57 Å². The van der Waals surface area contributed by atoms with Crippen LogP contribution in [0.15, 0.2) is 71.7 Å². The van der Waals surface area contributed by atoms with E-state index in [1.807, 2.05) is 91.8 Å². The summed E-state index contributed by atoms with van der Waals surface area (Å²) < 4.78 is 0. The molecular formula is C24H22N2O2S. The summed E-state index contributed by atoms with van der Waals surface area (Å²) in [5.74, 6) is -0.536. The molecule has 2 heterocycles. The number of carbonyl (C=O) groups is 2. The van der Waals surface area contributed by atoms with Crippen molar-refractivity contribution in [3.05, 3.63) is 93.3 Å². The van der Waals surface area contributed by atoms with E-state index in [1.54, 1.807) is 0 Å². The van der Waals surface area contributed by atoms with Gasteiger partial charge in [0.05, 0.1) is 11.3 Å². The summed E-state index contributed by atoms with van der Waals surface area (Å²) in [5, 5.41) is 1.93. The van der Waals surface area contributed by atoms with Gasteiger partial charge in [0, 0.05) is 18.5 Å². The fourth-order valence-corrected chi connectivity index (χ4v) is 4.39. The van der Waals surface area contributed by atoms with Crippen molar-refractivity contribution in [3.8, 4) is 0 Å². The Morgan fingerprint density at radius 3 is 2.38 bits per heavy atom. The Labute approximate surface area is 174 Å². The van der Waals surface area contributed by atoms with Crippen molar-refractivity contribution in [2.75, 3.05) is 11.9 Å². The number of likely N-dealkylation sites (N-methyl/N-ethyl adjacent to an activating group) is 1. The molecule has 0 spiro atoms. The number of rotatable bonds is 5. The summed E-state index contributed by atoms with van der Waals surface area (Å²) in [6.45, 7) is 4.43. The zero-order valence-corrected chi connectivity index (χ0v) is 17.5. The zero-order valence-electron chi connectivity index (χ0n) is 16.7. The van der Waals surface area contributed by atoms with Gasteiger partial charge < -0.3 is 4.90 Å². The first kappa shape index (κ1) is 19.2. The molecule has 4 rings (SSSR count). The van der Waals surface area contributed by atoms with Gasteiger partial charge in [-0.3, -0.25) is 9.59 Å². The van der Waals surface area contributed by atoms with Gasteiger partial charge in [0.25, 0.3) is 11.8 Å². The van der Waals surface area contributed by atoms with Crippen molar-refractivity contribution in [3.63, 3.8) is 0 Å². The molecule has 0 bridgehead atoms. The Balaban J connectivity index is 1.80. The third kappa shape index (κ3) is 3.49. The standard InChI is InChI=1S/C24H22N2O2S/c1-16-11-12-17(2)19(14-16)26-23(27)21(20-10-7-13-29-20)22(24(26)28)25(3)15-18-8-5-4-6-9-18/h4-14H,15H2,1-3H3. The van der Waals surface area contributed by atoms with E-state index < -0.39 is 0 Å². The second-order valence-corrected chi connectivity index (χ2v) is 8.23. The average Bonchev–Trinajstić information content (AvgIpc) is 3.31. The lowest BCUT2D eigenvalue weighted by atomic mass is 10.1. The number of anilines is 1. The second-order valence-electron chi connectivity index (χ2n) is 7.28. The van der Waals surface area contributed by atoms with Crippen molar-refractivity contribution in [1.82, 2.24) is 4.90 Å². The van der Waals surface area contributed by atoms with E-state index in [-0.39, 0.29) is 11.8 Å². The Bertz CT molecular complexity index is 1100. The molecule has 0 aliphatic carbocycles. The van der Waals surface area contributed by atoms with E-state index >= 15 is 0 Å². The summed E-state index contributed by atoms with van der Waals surface area (Å²) in [6.07, 6.45) is 0. The lowest BCUT2D eigenvalue weighted by molar-refractivity contribution is -0.120. The molecule has 1 aliphatic heterocycles. The number of aryl methyl sites for hydroxylation is 2. The van der Waals surface area contributed by atoms with Gasteiger partial charge in [-0.15, -0.1) is 11.3 Å². The summed E-state index contributed by atoms with van der Waals surface area (Å²) in [6, 6.07) is 19.6. The van der Waals surface area contributed by atoms with Crippen LogP contribution < -0.4 is 4.90 Å². The maximum Gasteiger partial charge on any atom is 0.282 e. The molecule has 1 aliphatic rings. The Morgan fingerprint density at radius 1 is 0.931 bits per heavy atom. The minimum atomic E-state index is -0.273. The highest BCUT2D eigenvalue weighted by atomic mass is 32.1. The van der Waals surface area contributed by atoms with Crippen molar-refractivity contribution >= 4 is 34.4 Å². The highest BCUT2D eigenvalue weighted by Crippen LogP contribution is 2.37. The molecule has 2 aromatic carbocycles. The van der Waals surface area contributed by atoms with Crippen LogP contribution in [0, 0.1) is 13.8 Å². The number of nitrogens with zero attached hydrogens (tertiary/aromatic N) is 2. The van der Waals surface area contributed by atoms with Crippen molar-refractivity contribution in [2.24, 2.45) is 0 Å². The van der Waals surface area contributed by atoms with Gasteiger partial charge in [0.15, 0.2) is 0 Å². The molecule has 0 fully saturated rings. The predicted molar refractivity (Wildman–Crippen MR) is 118 cm³/mol. The maximum absolute atomic E-state index is 13.5. The Kier molecular flexibility index (Phi) is 5.07. The third-order valence-corrected chi connectivity index (χ3v) is 5.96. The molecule has 2 amide bonds. The lowest BCUT2D eigenvalue weighted by Crippen LogP contribution is -2.34. The van der Waals surface area contributed by atoms with E-state index in [0.29, 0.717) is 23.5 Å². The number of imide groups is 1. The molecule has 4 nitrogen and oxygen atoms in total. The first-order valence-electron chi connectivity index (χ1n) is 9.46. The number of carbonyl (C=O) groups excluding carboxylic acids is 2. The van der Waals surface area contributed by atoms with Crippen LogP contribution in [-0.2, 0) is 16.1 Å². The number of thiophene rings is 1. The van der Waals surface area contributed by atoms with E-state index in [2.05, 4.69) is 0 Å². The normalized spacial score (nSPS) is 14.1. The summed E-state index contributed by atoms with van der Waals surface area (Å²) in [4.78, 5) is 31.0. The van der Waals surface area contributed by atoms with Gasteiger partial charge in [0.2, 0.25) is 0 Å². The number of hydrogen-bond acceptors (Lipinski definition) is 4. The van der Waals surface area contributed by atoms with Gasteiger partial charge in [-0.25, -0.2) is 4.90 Å². The van der Waals surface area contributed by atoms with E-state index in [0.717, 1.165) is 21.6 Å². The van der Waals surface area contributed by atoms with Crippen LogP contribution in [-0.4, -0.2) is 23.8 Å². The van der Waals surface area contributed by atoms with Crippen LogP contribution in [0.4, 0.5) is 5.69 Å². The van der Waals surface area contributed by atoms with Crippen LogP contribution in [0.5, 0.6) is 0 Å². The van der Waals surface area contributed by atoms with Crippen molar-refractivity contribution < 1.29 is 9.59 Å². The van der Waals surface area contributed by atoms with Crippen molar-refractivity contribution in [2.45, 2.75) is 20.4 Å². The number of hydrogen-bond donors (Lipinski definition) is 0. The highest BCUT2D eigenvalue weighted by molar-refractivity contribution is 7.11. The number of amides is 2. The summed E-state index contributed by atoms with van der Waals surface area (Å²) >= 11 is 1.47. The summed E-state index contributed by atoms with van der Waals surface area (Å²) in [5.41, 5.74) is 4.56. The van der Waals surface area contributed by atoms with Crippen molar-refractivity contribution in [1.29, 1.82) is 0 Å². The molecule has 0 saturated heterocycles. The zero-order chi connectivity index (χ0) is 20.5. The van der Waals surface area contributed by atoms with Gasteiger partial charge in [0.1, 0.15) is 5.70 Å². The molecule has 3 aromatic rings. The molecular weight excluding hydrogens is 380 g/mol. The molecule has 29 heavy (non-hydrogen) atoms. The fourth-order valence-electron chi connectivity index (χ4n) is 3.63. The predicted octanol–water partition coefficient (Wildman–Crippen LogP) is 4.78. The van der Waals surface area contributed by atoms with Crippen LogP contribution in [0.1, 0.15) is 21.6 Å². The highest BCUT2D eigenvalue weighted by Gasteiger charge is 2.42. The van der Waals surface area contributed by atoms with Crippen LogP contribution in [0.2, 0.25) is 0 Å². The smallest absolute Gasteiger partial charge is 0.282 e. The molecule has 0 unspecified atom stereocenters. The quantitative estimate of drug-likeness (QED) is 0.577. The lowest BCUT2D eigenvalue weighted by Gasteiger charge is -2.22. The van der Waals surface area contributed by atoms with Crippen LogP contribution >= 0.6 is 11.3 Å². The topological polar surface area (TPSA) is 40.6 Å². The third-order valence-electron chi connectivity index (χ3n) is 5.08. The average molecular weight is 403 g/mol. The molecule has 146 valence electrons. The molecule has 0 saturated carbocycles.